The van der Waals surface area contributed by atoms with Crippen molar-refractivity contribution in [2.75, 3.05) is 5.32 Å². The fourth-order valence-electron chi connectivity index (χ4n) is 2.06. The maximum Gasteiger partial charge on any atom is 0.258 e. The first-order valence-corrected chi connectivity index (χ1v) is 7.46. The van der Waals surface area contributed by atoms with Gasteiger partial charge in [0.25, 0.3) is 5.91 Å². The number of carbonyl (C=O) groups is 1. The van der Waals surface area contributed by atoms with Crippen molar-refractivity contribution in [1.29, 1.82) is 0 Å². The van der Waals surface area contributed by atoms with Gasteiger partial charge < -0.3 is 5.32 Å². The van der Waals surface area contributed by atoms with Crippen LogP contribution in [-0.4, -0.2) is 26.1 Å². The topological polar surface area (TPSA) is 72.7 Å². The molecule has 1 N–H and O–H groups in total. The Morgan fingerprint density at radius 2 is 2.09 bits per heavy atom. The average Bonchev–Trinajstić information content (AvgIpc) is 2.93. The van der Waals surface area contributed by atoms with E-state index in [1.807, 2.05) is 0 Å². The van der Waals surface area contributed by atoms with Gasteiger partial charge in [-0.25, -0.2) is 4.39 Å². The molecule has 1 aromatic heterocycles. The smallest absolute Gasteiger partial charge is 0.258 e. The van der Waals surface area contributed by atoms with Gasteiger partial charge in [-0.15, -0.1) is 5.10 Å². The highest BCUT2D eigenvalue weighted by Crippen LogP contribution is 2.18. The molecular formula is C15H11BrFN5O. The monoisotopic (exact) mass is 375 g/mol. The third-order valence-corrected chi connectivity index (χ3v) is 3.64. The standard InChI is InChI=1S/C15H11BrFN5O/c1-9-19-20-21-22(9)12-4-2-3-11(8-12)18-15(23)13-6-5-10(16)7-14(13)17/h2-8H,1H3,(H,18,23). The summed E-state index contributed by atoms with van der Waals surface area (Å²) >= 11 is 3.16. The highest BCUT2D eigenvalue weighted by atomic mass is 79.9. The second kappa shape index (κ2) is 6.25. The number of aromatic nitrogens is 4. The number of tetrazole rings is 1. The lowest BCUT2D eigenvalue weighted by Gasteiger charge is -2.08. The lowest BCUT2D eigenvalue weighted by molar-refractivity contribution is 0.102. The molecule has 0 aliphatic rings. The van der Waals surface area contributed by atoms with E-state index in [-0.39, 0.29) is 5.56 Å². The number of anilines is 1. The van der Waals surface area contributed by atoms with Gasteiger partial charge >= 0.3 is 0 Å². The fourth-order valence-corrected chi connectivity index (χ4v) is 2.39. The van der Waals surface area contributed by atoms with E-state index in [9.17, 15) is 9.18 Å². The van der Waals surface area contributed by atoms with Crippen LogP contribution in [-0.2, 0) is 0 Å². The number of halogens is 2. The summed E-state index contributed by atoms with van der Waals surface area (Å²) in [7, 11) is 0. The van der Waals surface area contributed by atoms with Crippen LogP contribution in [0.3, 0.4) is 0 Å². The van der Waals surface area contributed by atoms with Gasteiger partial charge in [0, 0.05) is 10.2 Å². The summed E-state index contributed by atoms with van der Waals surface area (Å²) in [5.41, 5.74) is 1.18. The van der Waals surface area contributed by atoms with Gasteiger partial charge in [0.2, 0.25) is 0 Å². The molecule has 0 saturated heterocycles. The second-order valence-electron chi connectivity index (χ2n) is 4.77. The number of carbonyl (C=O) groups excluding carboxylic acids is 1. The van der Waals surface area contributed by atoms with Crippen molar-refractivity contribution in [3.8, 4) is 5.69 Å². The molecule has 116 valence electrons. The Balaban J connectivity index is 1.86. The Kier molecular flexibility index (Phi) is 4.16. The molecule has 1 amide bonds. The molecule has 0 atom stereocenters. The van der Waals surface area contributed by atoms with Crippen molar-refractivity contribution in [2.45, 2.75) is 6.92 Å². The van der Waals surface area contributed by atoms with Crippen LogP contribution in [0.1, 0.15) is 16.2 Å². The lowest BCUT2D eigenvalue weighted by atomic mass is 10.2. The molecule has 6 nitrogen and oxygen atoms in total. The SMILES string of the molecule is Cc1nnnn1-c1cccc(NC(=O)c2ccc(Br)cc2F)c1. The van der Waals surface area contributed by atoms with E-state index in [2.05, 4.69) is 36.8 Å². The number of hydrogen-bond acceptors (Lipinski definition) is 4. The Hall–Kier alpha value is -2.61. The van der Waals surface area contributed by atoms with Crippen LogP contribution < -0.4 is 5.32 Å². The van der Waals surface area contributed by atoms with Gasteiger partial charge in [0.05, 0.1) is 11.3 Å². The Morgan fingerprint density at radius 3 is 2.78 bits per heavy atom. The Morgan fingerprint density at radius 1 is 1.26 bits per heavy atom. The summed E-state index contributed by atoms with van der Waals surface area (Å²) in [6.45, 7) is 1.77. The van der Waals surface area contributed by atoms with Crippen LogP contribution in [0.15, 0.2) is 46.9 Å². The van der Waals surface area contributed by atoms with Crippen molar-refractivity contribution >= 4 is 27.5 Å². The molecule has 8 heteroatoms. The molecule has 3 rings (SSSR count). The molecule has 3 aromatic rings. The largest absolute Gasteiger partial charge is 0.322 e. The average molecular weight is 376 g/mol. The van der Waals surface area contributed by atoms with E-state index in [1.54, 1.807) is 37.3 Å². The van der Waals surface area contributed by atoms with Crippen molar-refractivity contribution in [2.24, 2.45) is 0 Å². The van der Waals surface area contributed by atoms with E-state index in [4.69, 9.17) is 0 Å². The van der Waals surface area contributed by atoms with E-state index < -0.39 is 11.7 Å². The molecular weight excluding hydrogens is 365 g/mol. The summed E-state index contributed by atoms with van der Waals surface area (Å²) in [5, 5.41) is 13.9. The molecule has 1 heterocycles. The van der Waals surface area contributed by atoms with Crippen molar-refractivity contribution < 1.29 is 9.18 Å². The zero-order chi connectivity index (χ0) is 16.4. The third-order valence-electron chi connectivity index (χ3n) is 3.15. The summed E-state index contributed by atoms with van der Waals surface area (Å²) in [6.07, 6.45) is 0. The Bertz CT molecular complexity index is 880. The number of hydrogen-bond donors (Lipinski definition) is 1. The summed E-state index contributed by atoms with van der Waals surface area (Å²) in [4.78, 5) is 12.2. The molecule has 0 spiro atoms. The van der Waals surface area contributed by atoms with Crippen LogP contribution in [0.5, 0.6) is 0 Å². The normalized spacial score (nSPS) is 10.6. The van der Waals surface area contributed by atoms with E-state index in [1.165, 1.54) is 16.8 Å². The second-order valence-corrected chi connectivity index (χ2v) is 5.68. The third kappa shape index (κ3) is 3.26. The first kappa shape index (κ1) is 15.3. The van der Waals surface area contributed by atoms with E-state index in [0.29, 0.717) is 21.7 Å². The lowest BCUT2D eigenvalue weighted by Crippen LogP contribution is -2.14. The van der Waals surface area contributed by atoms with Crippen LogP contribution in [0, 0.1) is 12.7 Å². The molecule has 0 bridgehead atoms. The summed E-state index contributed by atoms with van der Waals surface area (Å²) < 4.78 is 15.9. The minimum absolute atomic E-state index is 0.0304. The van der Waals surface area contributed by atoms with Crippen LogP contribution >= 0.6 is 15.9 Å². The number of aryl methyl sites for hydroxylation is 1. The van der Waals surface area contributed by atoms with Gasteiger partial charge in [-0.3, -0.25) is 4.79 Å². The first-order valence-electron chi connectivity index (χ1n) is 6.66. The maximum atomic E-state index is 13.8. The number of benzene rings is 2. The summed E-state index contributed by atoms with van der Waals surface area (Å²) in [5.74, 6) is -0.502. The van der Waals surface area contributed by atoms with Crippen molar-refractivity contribution in [1.82, 2.24) is 20.2 Å². The zero-order valence-electron chi connectivity index (χ0n) is 12.0. The van der Waals surface area contributed by atoms with Gasteiger partial charge in [-0.1, -0.05) is 22.0 Å². The van der Waals surface area contributed by atoms with Gasteiger partial charge in [0.1, 0.15) is 5.82 Å². The molecule has 2 aromatic carbocycles. The Labute approximate surface area is 139 Å². The molecule has 0 saturated carbocycles. The minimum atomic E-state index is -0.593. The summed E-state index contributed by atoms with van der Waals surface area (Å²) in [6, 6.07) is 11.2. The fraction of sp³-hybridized carbons (Fsp3) is 0.0667. The highest BCUT2D eigenvalue weighted by molar-refractivity contribution is 9.10. The molecule has 0 fully saturated rings. The molecule has 23 heavy (non-hydrogen) atoms. The zero-order valence-corrected chi connectivity index (χ0v) is 13.6. The van der Waals surface area contributed by atoms with Crippen LogP contribution in [0.2, 0.25) is 0 Å². The van der Waals surface area contributed by atoms with E-state index in [0.717, 1.165) is 0 Å². The van der Waals surface area contributed by atoms with Gasteiger partial charge in [-0.2, -0.15) is 4.68 Å². The molecule has 0 unspecified atom stereocenters. The predicted octanol–water partition coefficient (Wildman–Crippen LogP) is 3.12. The number of amides is 1. The number of nitrogens with one attached hydrogen (secondary N) is 1. The maximum absolute atomic E-state index is 13.8. The van der Waals surface area contributed by atoms with Crippen molar-refractivity contribution in [3.05, 3.63) is 64.1 Å². The number of rotatable bonds is 3. The molecule has 0 aliphatic carbocycles. The molecule has 0 aliphatic heterocycles. The van der Waals surface area contributed by atoms with Crippen LogP contribution in [0.25, 0.3) is 5.69 Å². The van der Waals surface area contributed by atoms with Gasteiger partial charge in [-0.05, 0) is 53.7 Å². The highest BCUT2D eigenvalue weighted by Gasteiger charge is 2.13. The first-order chi connectivity index (χ1) is 11.0. The predicted molar refractivity (Wildman–Crippen MR) is 85.9 cm³/mol. The van der Waals surface area contributed by atoms with Gasteiger partial charge in [0.15, 0.2) is 5.82 Å². The van der Waals surface area contributed by atoms with Crippen molar-refractivity contribution in [3.63, 3.8) is 0 Å². The quantitative estimate of drug-likeness (QED) is 0.763. The minimum Gasteiger partial charge on any atom is -0.322 e. The number of nitrogens with zero attached hydrogens (tertiary/aromatic N) is 4. The van der Waals surface area contributed by atoms with Crippen LogP contribution in [0.4, 0.5) is 10.1 Å². The molecule has 0 radical (unpaired) electrons. The van der Waals surface area contributed by atoms with E-state index >= 15 is 0 Å².